The highest BCUT2D eigenvalue weighted by Crippen LogP contribution is 2.25. The highest BCUT2D eigenvalue weighted by molar-refractivity contribution is 5.91. The van der Waals surface area contributed by atoms with Gasteiger partial charge in [0.25, 0.3) is 0 Å². The fourth-order valence-electron chi connectivity index (χ4n) is 2.53. The van der Waals surface area contributed by atoms with Gasteiger partial charge in [-0.2, -0.15) is 4.89 Å². The minimum atomic E-state index is -0.529. The molecule has 0 bridgehead atoms. The second kappa shape index (κ2) is 11.5. The van der Waals surface area contributed by atoms with Crippen molar-refractivity contribution >= 4 is 5.97 Å². The number of rotatable bonds is 7. The topological polar surface area (TPSA) is 74.2 Å². The number of carbonyl (C=O) groups excluding carboxylic acids is 1. The Bertz CT molecular complexity index is 1280. The van der Waals surface area contributed by atoms with Crippen LogP contribution >= 0.6 is 0 Å². The number of aryl methyl sites for hydroxylation is 1. The molecule has 0 heterocycles. The minimum absolute atomic E-state index is 0.0739. The molecule has 0 spiro atoms. The quantitative estimate of drug-likeness (QED) is 0.194. The predicted molar refractivity (Wildman–Crippen MR) is 121 cm³/mol. The van der Waals surface area contributed by atoms with Crippen molar-refractivity contribution in [2.24, 2.45) is 0 Å². The number of hydrogen-bond donors (Lipinski definition) is 1. The maximum atomic E-state index is 12.2. The summed E-state index contributed by atoms with van der Waals surface area (Å²) in [6.45, 7) is 2.01. The maximum Gasteiger partial charge on any atom is 0.343 e. The highest BCUT2D eigenvalue weighted by Gasteiger charge is 2.10. The van der Waals surface area contributed by atoms with Crippen LogP contribution < -0.4 is 14.4 Å². The molecule has 0 aliphatic heterocycles. The van der Waals surface area contributed by atoms with Crippen molar-refractivity contribution in [3.63, 3.8) is 0 Å². The van der Waals surface area contributed by atoms with Crippen LogP contribution in [0.15, 0.2) is 66.7 Å². The third kappa shape index (κ3) is 7.12. The van der Waals surface area contributed by atoms with Gasteiger partial charge in [0.15, 0.2) is 5.75 Å². The van der Waals surface area contributed by atoms with E-state index < -0.39 is 5.97 Å². The van der Waals surface area contributed by atoms with E-state index >= 15 is 0 Å². The number of phenolic OH excluding ortho intramolecular Hbond substituents is 1. The van der Waals surface area contributed by atoms with Crippen LogP contribution in [0.5, 0.6) is 23.0 Å². The molecule has 3 rings (SSSR count). The zero-order valence-corrected chi connectivity index (χ0v) is 17.6. The molecule has 3 aromatic rings. The van der Waals surface area contributed by atoms with Crippen molar-refractivity contribution in [2.75, 3.05) is 0 Å². The summed E-state index contributed by atoms with van der Waals surface area (Å²) in [4.78, 5) is 22.9. The number of esters is 1. The van der Waals surface area contributed by atoms with Crippen LogP contribution in [-0.2, 0) is 11.5 Å². The van der Waals surface area contributed by atoms with Crippen molar-refractivity contribution in [3.8, 4) is 59.2 Å². The summed E-state index contributed by atoms with van der Waals surface area (Å²) >= 11 is 0. The summed E-state index contributed by atoms with van der Waals surface area (Å²) < 4.78 is 10.6. The van der Waals surface area contributed by atoms with Crippen LogP contribution in [0.4, 0.5) is 0 Å². The van der Waals surface area contributed by atoms with Crippen LogP contribution in [0.3, 0.4) is 0 Å². The van der Waals surface area contributed by atoms with E-state index in [9.17, 15) is 9.90 Å². The lowest BCUT2D eigenvalue weighted by molar-refractivity contribution is -0.218. The minimum Gasteiger partial charge on any atom is -0.508 e. The van der Waals surface area contributed by atoms with E-state index in [1.807, 2.05) is 12.1 Å². The highest BCUT2D eigenvalue weighted by atomic mass is 17.2. The van der Waals surface area contributed by atoms with Crippen LogP contribution in [0.25, 0.3) is 0 Å². The van der Waals surface area contributed by atoms with E-state index in [0.717, 1.165) is 11.1 Å². The molecule has 0 aliphatic carbocycles. The van der Waals surface area contributed by atoms with Crippen LogP contribution in [0.2, 0.25) is 0 Å². The molecule has 0 aliphatic rings. The first-order chi connectivity index (χ1) is 16.0. The Kier molecular flexibility index (Phi) is 7.98. The summed E-state index contributed by atoms with van der Waals surface area (Å²) in [6.07, 6.45) is 7.43. The molecule has 0 unspecified atom stereocenters. The molecule has 0 saturated heterocycles. The Balaban J connectivity index is 1.49. The van der Waals surface area contributed by atoms with Crippen molar-refractivity contribution in [1.29, 1.82) is 0 Å². The van der Waals surface area contributed by atoms with Crippen LogP contribution in [-0.4, -0.2) is 11.1 Å². The molecule has 6 heteroatoms. The van der Waals surface area contributed by atoms with E-state index in [2.05, 4.69) is 29.8 Å². The molecule has 0 fully saturated rings. The van der Waals surface area contributed by atoms with E-state index in [4.69, 9.17) is 25.7 Å². The molecular formula is C27H18O6. The number of benzene rings is 3. The van der Waals surface area contributed by atoms with Gasteiger partial charge in [-0.05, 0) is 84.5 Å². The largest absolute Gasteiger partial charge is 0.508 e. The molecule has 0 atom stereocenters. The summed E-state index contributed by atoms with van der Waals surface area (Å²) in [5, 5.41) is 9.31. The molecule has 6 nitrogen and oxygen atoms in total. The van der Waals surface area contributed by atoms with E-state index in [1.54, 1.807) is 37.3 Å². The summed E-state index contributed by atoms with van der Waals surface area (Å²) in [5.41, 5.74) is 1.91. The predicted octanol–water partition coefficient (Wildman–Crippen LogP) is 4.41. The zero-order chi connectivity index (χ0) is 23.5. The SMILES string of the molecule is C#CC#CC#COc1ccc(COOc2ccc(OC(=O)c3ccc(O)cc3)cc2C)cc1. The first-order valence-electron chi connectivity index (χ1n) is 9.68. The van der Waals surface area contributed by atoms with Crippen LogP contribution in [0.1, 0.15) is 21.5 Å². The van der Waals surface area contributed by atoms with Gasteiger partial charge in [-0.1, -0.05) is 12.1 Å². The molecule has 33 heavy (non-hydrogen) atoms. The van der Waals surface area contributed by atoms with Gasteiger partial charge in [-0.15, -0.1) is 6.42 Å². The van der Waals surface area contributed by atoms with Gasteiger partial charge < -0.3 is 19.5 Å². The smallest absolute Gasteiger partial charge is 0.343 e. The van der Waals surface area contributed by atoms with Crippen molar-refractivity contribution in [1.82, 2.24) is 0 Å². The van der Waals surface area contributed by atoms with Gasteiger partial charge in [-0.25, -0.2) is 4.79 Å². The lowest BCUT2D eigenvalue weighted by atomic mass is 10.2. The fraction of sp³-hybridized carbons (Fsp3) is 0.0741. The van der Waals surface area contributed by atoms with E-state index in [-0.39, 0.29) is 12.4 Å². The average molecular weight is 438 g/mol. The van der Waals surface area contributed by atoms with Crippen LogP contribution in [0, 0.1) is 43.1 Å². The van der Waals surface area contributed by atoms with Gasteiger partial charge in [0, 0.05) is 11.8 Å². The molecule has 0 radical (unpaired) electrons. The zero-order valence-electron chi connectivity index (χ0n) is 17.6. The summed E-state index contributed by atoms with van der Waals surface area (Å²) in [7, 11) is 0. The molecule has 0 saturated carbocycles. The van der Waals surface area contributed by atoms with Gasteiger partial charge in [0.05, 0.1) is 5.56 Å². The number of terminal acetylenes is 1. The average Bonchev–Trinajstić information content (AvgIpc) is 2.81. The Morgan fingerprint density at radius 2 is 1.67 bits per heavy atom. The summed E-state index contributed by atoms with van der Waals surface area (Å²) in [5.74, 6) is 10.4. The summed E-state index contributed by atoms with van der Waals surface area (Å²) in [6, 6.07) is 17.8. The standard InChI is InChI=1S/C27H18O6/c1-3-4-5-6-17-30-24-13-7-21(8-14-24)19-31-33-26-16-15-25(18-20(26)2)32-27(29)22-9-11-23(28)12-10-22/h1,7-16,18,28H,19H2,2H3. The molecule has 0 amide bonds. The molecule has 162 valence electrons. The van der Waals surface area contributed by atoms with Gasteiger partial charge in [0.2, 0.25) is 0 Å². The Hall–Kier alpha value is -4.83. The first-order valence-corrected chi connectivity index (χ1v) is 9.68. The molecule has 0 aromatic heterocycles. The number of aromatic hydroxyl groups is 1. The van der Waals surface area contributed by atoms with Crippen molar-refractivity contribution < 1.29 is 29.1 Å². The van der Waals surface area contributed by atoms with E-state index in [0.29, 0.717) is 22.8 Å². The van der Waals surface area contributed by atoms with Gasteiger partial charge in [-0.3, -0.25) is 0 Å². The third-order valence-electron chi connectivity index (χ3n) is 4.17. The third-order valence-corrected chi connectivity index (χ3v) is 4.17. The second-order valence-electron chi connectivity index (χ2n) is 6.58. The molecule has 3 aromatic carbocycles. The lowest BCUT2D eigenvalue weighted by Gasteiger charge is -2.10. The Morgan fingerprint density at radius 3 is 2.36 bits per heavy atom. The Labute approximate surface area is 191 Å². The second-order valence-corrected chi connectivity index (χ2v) is 6.58. The monoisotopic (exact) mass is 438 g/mol. The van der Waals surface area contributed by atoms with E-state index in [1.165, 1.54) is 24.3 Å². The number of carbonyl (C=O) groups is 1. The number of hydrogen-bond acceptors (Lipinski definition) is 6. The fourth-order valence-corrected chi connectivity index (χ4v) is 2.53. The van der Waals surface area contributed by atoms with Gasteiger partial charge in [0.1, 0.15) is 30.0 Å². The number of ether oxygens (including phenoxy) is 2. The number of phenols is 1. The molecular weight excluding hydrogens is 420 g/mol. The van der Waals surface area contributed by atoms with Crippen molar-refractivity contribution in [2.45, 2.75) is 13.5 Å². The Morgan fingerprint density at radius 1 is 0.939 bits per heavy atom. The van der Waals surface area contributed by atoms with Crippen molar-refractivity contribution in [3.05, 3.63) is 83.4 Å². The van der Waals surface area contributed by atoms with Gasteiger partial charge >= 0.3 is 5.97 Å². The maximum absolute atomic E-state index is 12.2. The normalized spacial score (nSPS) is 9.33. The lowest BCUT2D eigenvalue weighted by Crippen LogP contribution is -2.08. The first kappa shape index (κ1) is 22.8. The molecule has 1 N–H and O–H groups in total.